The molecule has 1 N–H and O–H groups in total. The van der Waals surface area contributed by atoms with Crippen LogP contribution in [-0.2, 0) is 4.79 Å². The summed E-state index contributed by atoms with van der Waals surface area (Å²) in [5, 5.41) is 3.94. The highest BCUT2D eigenvalue weighted by Crippen LogP contribution is 2.22. The fourth-order valence-electron chi connectivity index (χ4n) is 2.79. The van der Waals surface area contributed by atoms with Crippen LogP contribution < -0.4 is 14.9 Å². The van der Waals surface area contributed by atoms with Gasteiger partial charge < -0.3 is 9.47 Å². The summed E-state index contributed by atoms with van der Waals surface area (Å²) in [6.45, 7) is 3.73. The number of ether oxygens (including phenoxy) is 2. The number of nitrogens with zero attached hydrogens (tertiary/aromatic N) is 1. The third kappa shape index (κ3) is 6.39. The molecule has 0 atom stereocenters. The van der Waals surface area contributed by atoms with Crippen molar-refractivity contribution in [2.45, 2.75) is 13.8 Å². The van der Waals surface area contributed by atoms with E-state index in [1.807, 2.05) is 44.2 Å². The van der Waals surface area contributed by atoms with Gasteiger partial charge in [0.05, 0.1) is 11.8 Å². The molecule has 158 valence electrons. The molecule has 0 saturated carbocycles. The van der Waals surface area contributed by atoms with E-state index in [1.165, 1.54) is 6.21 Å². The third-order valence-electron chi connectivity index (χ3n) is 4.34. The minimum Gasteiger partial charge on any atom is -0.483 e. The van der Waals surface area contributed by atoms with Crippen LogP contribution in [0.1, 0.15) is 27.0 Å². The molecule has 0 bridgehead atoms. The number of amides is 1. The fourth-order valence-corrected chi connectivity index (χ4v) is 3.39. The number of hydrogen-bond donors (Lipinski definition) is 1. The van der Waals surface area contributed by atoms with Crippen molar-refractivity contribution in [3.63, 3.8) is 0 Å². The molecule has 3 aromatic rings. The Labute approximate surface area is 194 Å². The normalized spacial score (nSPS) is 10.7. The maximum absolute atomic E-state index is 12.3. The van der Waals surface area contributed by atoms with Gasteiger partial charge in [-0.25, -0.2) is 10.2 Å². The van der Waals surface area contributed by atoms with Crippen molar-refractivity contribution in [3.05, 3.63) is 92.6 Å². The maximum atomic E-state index is 12.3. The van der Waals surface area contributed by atoms with Gasteiger partial charge in [-0.1, -0.05) is 30.3 Å². The molecule has 0 fully saturated rings. The second-order valence-corrected chi connectivity index (χ2v) is 7.90. The number of hydrogen-bond acceptors (Lipinski definition) is 5. The van der Waals surface area contributed by atoms with Crippen molar-refractivity contribution < 1.29 is 19.1 Å². The van der Waals surface area contributed by atoms with Gasteiger partial charge in [0, 0.05) is 3.57 Å². The Morgan fingerprint density at radius 3 is 2.32 bits per heavy atom. The fraction of sp³-hybridized carbons (Fsp3) is 0.125. The molecule has 0 spiro atoms. The first-order chi connectivity index (χ1) is 14.9. The summed E-state index contributed by atoms with van der Waals surface area (Å²) in [5.41, 5.74) is 5.63. The molecule has 0 unspecified atom stereocenters. The van der Waals surface area contributed by atoms with Gasteiger partial charge in [-0.3, -0.25) is 4.79 Å². The van der Waals surface area contributed by atoms with Crippen molar-refractivity contribution in [1.82, 2.24) is 5.43 Å². The first kappa shape index (κ1) is 22.5. The lowest BCUT2D eigenvalue weighted by atomic mass is 10.1. The minimum absolute atomic E-state index is 0.129. The summed E-state index contributed by atoms with van der Waals surface area (Å²) < 4.78 is 11.8. The Kier molecular flexibility index (Phi) is 7.77. The molecule has 0 radical (unpaired) electrons. The zero-order valence-corrected chi connectivity index (χ0v) is 19.3. The molecule has 0 aliphatic carbocycles. The van der Waals surface area contributed by atoms with Gasteiger partial charge in [0.1, 0.15) is 11.5 Å². The molecule has 0 aliphatic heterocycles. The number of carbonyl (C=O) groups is 2. The number of rotatable bonds is 7. The number of esters is 1. The van der Waals surface area contributed by atoms with Gasteiger partial charge in [-0.2, -0.15) is 5.10 Å². The van der Waals surface area contributed by atoms with Gasteiger partial charge in [-0.15, -0.1) is 0 Å². The SMILES string of the molecule is Cc1cccc(C)c1OCC(=O)N/N=C/c1ccc(OC(=O)c2ccccc2I)cc1. The number of para-hydroxylation sites is 1. The van der Waals surface area contributed by atoms with Crippen LogP contribution in [0.15, 0.2) is 71.8 Å². The Morgan fingerprint density at radius 2 is 1.65 bits per heavy atom. The van der Waals surface area contributed by atoms with Crippen LogP contribution in [0.4, 0.5) is 0 Å². The van der Waals surface area contributed by atoms with Crippen molar-refractivity contribution in [2.24, 2.45) is 5.10 Å². The summed E-state index contributed by atoms with van der Waals surface area (Å²) in [5.74, 6) is 0.356. The quantitative estimate of drug-likeness (QED) is 0.159. The van der Waals surface area contributed by atoms with Crippen LogP contribution in [0.5, 0.6) is 11.5 Å². The van der Waals surface area contributed by atoms with Gasteiger partial charge in [-0.05, 0) is 89.5 Å². The van der Waals surface area contributed by atoms with E-state index in [0.29, 0.717) is 17.1 Å². The highest BCUT2D eigenvalue weighted by molar-refractivity contribution is 14.1. The van der Waals surface area contributed by atoms with Crippen LogP contribution in [0.3, 0.4) is 0 Å². The van der Waals surface area contributed by atoms with Crippen LogP contribution >= 0.6 is 22.6 Å². The van der Waals surface area contributed by atoms with Crippen molar-refractivity contribution in [1.29, 1.82) is 0 Å². The molecule has 1 amide bonds. The lowest BCUT2D eigenvalue weighted by molar-refractivity contribution is -0.123. The van der Waals surface area contributed by atoms with E-state index < -0.39 is 5.97 Å². The predicted octanol–water partition coefficient (Wildman–Crippen LogP) is 4.66. The molecule has 7 heteroatoms. The van der Waals surface area contributed by atoms with E-state index in [-0.39, 0.29) is 12.5 Å². The van der Waals surface area contributed by atoms with Crippen LogP contribution in [0.25, 0.3) is 0 Å². The lowest BCUT2D eigenvalue weighted by Crippen LogP contribution is -2.25. The van der Waals surface area contributed by atoms with Gasteiger partial charge in [0.2, 0.25) is 0 Å². The Bertz CT molecular complexity index is 1090. The van der Waals surface area contributed by atoms with E-state index >= 15 is 0 Å². The minimum atomic E-state index is -0.414. The van der Waals surface area contributed by atoms with Crippen molar-refractivity contribution in [3.8, 4) is 11.5 Å². The highest BCUT2D eigenvalue weighted by Gasteiger charge is 2.11. The van der Waals surface area contributed by atoms with Crippen molar-refractivity contribution >= 4 is 40.7 Å². The molecule has 3 rings (SSSR count). The summed E-state index contributed by atoms with van der Waals surface area (Å²) >= 11 is 2.09. The third-order valence-corrected chi connectivity index (χ3v) is 5.28. The van der Waals surface area contributed by atoms with Crippen molar-refractivity contribution in [2.75, 3.05) is 6.61 Å². The number of carbonyl (C=O) groups excluding carboxylic acids is 2. The molecule has 6 nitrogen and oxygen atoms in total. The zero-order valence-electron chi connectivity index (χ0n) is 17.1. The summed E-state index contributed by atoms with van der Waals surface area (Å²) in [6.07, 6.45) is 1.50. The summed E-state index contributed by atoms with van der Waals surface area (Å²) in [4.78, 5) is 24.2. The molecule has 0 heterocycles. The largest absolute Gasteiger partial charge is 0.483 e. The second kappa shape index (κ2) is 10.7. The van der Waals surface area contributed by atoms with E-state index in [1.54, 1.807) is 36.4 Å². The van der Waals surface area contributed by atoms with Gasteiger partial charge >= 0.3 is 5.97 Å². The molecular formula is C24H21IN2O4. The summed E-state index contributed by atoms with van der Waals surface area (Å²) in [6, 6.07) is 19.8. The number of halogens is 1. The maximum Gasteiger partial charge on any atom is 0.344 e. The van der Waals surface area contributed by atoms with Gasteiger partial charge in [0.25, 0.3) is 5.91 Å². The Morgan fingerprint density at radius 1 is 0.968 bits per heavy atom. The second-order valence-electron chi connectivity index (χ2n) is 6.74. The first-order valence-corrected chi connectivity index (χ1v) is 10.6. The Balaban J connectivity index is 1.49. The molecule has 31 heavy (non-hydrogen) atoms. The monoisotopic (exact) mass is 528 g/mol. The van der Waals surface area contributed by atoms with Gasteiger partial charge in [0.15, 0.2) is 6.61 Å². The number of hydrazone groups is 1. The van der Waals surface area contributed by atoms with E-state index in [2.05, 4.69) is 33.1 Å². The first-order valence-electron chi connectivity index (χ1n) is 9.52. The molecule has 3 aromatic carbocycles. The Hall–Kier alpha value is -3.20. The van der Waals surface area contributed by atoms with Crippen LogP contribution in [-0.4, -0.2) is 24.7 Å². The highest BCUT2D eigenvalue weighted by atomic mass is 127. The van der Waals surface area contributed by atoms with E-state index in [4.69, 9.17) is 9.47 Å². The number of nitrogens with one attached hydrogen (secondary N) is 1. The predicted molar refractivity (Wildman–Crippen MR) is 128 cm³/mol. The molecular weight excluding hydrogens is 507 g/mol. The standard InChI is InChI=1S/C24H21IN2O4/c1-16-6-5-7-17(2)23(16)30-15-22(28)27-26-14-18-10-12-19(13-11-18)31-24(29)20-8-3-4-9-21(20)25/h3-14H,15H2,1-2H3,(H,27,28)/b26-14+. The van der Waals surface area contributed by atoms with Crippen LogP contribution in [0.2, 0.25) is 0 Å². The molecule has 0 aromatic heterocycles. The van der Waals surface area contributed by atoms with E-state index in [0.717, 1.165) is 20.3 Å². The smallest absolute Gasteiger partial charge is 0.344 e. The lowest BCUT2D eigenvalue weighted by Gasteiger charge is -2.10. The zero-order chi connectivity index (χ0) is 22.2. The average Bonchev–Trinajstić information content (AvgIpc) is 2.75. The average molecular weight is 528 g/mol. The topological polar surface area (TPSA) is 77.0 Å². The van der Waals surface area contributed by atoms with Crippen LogP contribution in [0, 0.1) is 17.4 Å². The number of aryl methyl sites for hydroxylation is 2. The molecule has 0 saturated heterocycles. The molecule has 0 aliphatic rings. The number of benzene rings is 3. The summed E-state index contributed by atoms with van der Waals surface area (Å²) in [7, 11) is 0. The van der Waals surface area contributed by atoms with E-state index in [9.17, 15) is 9.59 Å².